The number of hydrogen-bond acceptors (Lipinski definition) is 5. The number of phenolic OH excluding ortho intramolecular Hbond substituents is 1. The second-order valence-corrected chi connectivity index (χ2v) is 7.73. The maximum Gasteiger partial charge on any atom is 0.326 e. The van der Waals surface area contributed by atoms with Crippen molar-refractivity contribution in [2.45, 2.75) is 6.42 Å². The monoisotopic (exact) mass is 395 g/mol. The number of nitrogens with two attached hydrogens (primary N) is 1. The molecule has 2 aromatic carbocycles. The molecule has 0 spiro atoms. The van der Waals surface area contributed by atoms with E-state index in [9.17, 15) is 23.1 Å². The molecule has 1 aliphatic rings. The highest BCUT2D eigenvalue weighted by Crippen LogP contribution is 2.32. The summed E-state index contributed by atoms with van der Waals surface area (Å²) in [7, 11) is -4.01. The number of halogens is 1. The van der Waals surface area contributed by atoms with E-state index in [1.165, 1.54) is 18.2 Å². The number of aromatic hydroxyl groups is 1. The van der Waals surface area contributed by atoms with Gasteiger partial charge in [0.15, 0.2) is 0 Å². The van der Waals surface area contributed by atoms with Crippen LogP contribution in [-0.4, -0.2) is 31.9 Å². The van der Waals surface area contributed by atoms with Crippen LogP contribution in [0.25, 0.3) is 0 Å². The summed E-state index contributed by atoms with van der Waals surface area (Å²) in [4.78, 5) is 22.9. The zero-order chi connectivity index (χ0) is 19.1. The first kappa shape index (κ1) is 18.0. The molecular weight excluding hydrogens is 382 g/mol. The van der Waals surface area contributed by atoms with Gasteiger partial charge in [-0.05, 0) is 47.9 Å². The summed E-state index contributed by atoms with van der Waals surface area (Å²) in [6.07, 6.45) is 0.247. The highest BCUT2D eigenvalue weighted by molar-refractivity contribution is 7.92. The number of carbonyl (C=O) groups excluding carboxylic acids is 2. The Hall–Kier alpha value is -2.78. The Morgan fingerprint density at radius 1 is 1.27 bits per heavy atom. The van der Waals surface area contributed by atoms with Gasteiger partial charge in [-0.1, -0.05) is 17.7 Å². The molecule has 8 nitrogen and oxygen atoms in total. The Balaban J connectivity index is 1.93. The zero-order valence-corrected chi connectivity index (χ0v) is 14.8. The van der Waals surface area contributed by atoms with Gasteiger partial charge in [-0.2, -0.15) is 8.42 Å². The van der Waals surface area contributed by atoms with E-state index in [0.717, 1.165) is 4.31 Å². The van der Waals surface area contributed by atoms with Crippen molar-refractivity contribution in [1.29, 1.82) is 0 Å². The Morgan fingerprint density at radius 3 is 2.58 bits per heavy atom. The molecule has 1 heterocycles. The molecule has 26 heavy (non-hydrogen) atoms. The molecule has 1 aliphatic heterocycles. The molecule has 0 atom stereocenters. The number of benzene rings is 2. The number of carbonyl (C=O) groups is 2. The Labute approximate surface area is 154 Å². The minimum absolute atomic E-state index is 0.0201. The van der Waals surface area contributed by atoms with Crippen LogP contribution in [0.1, 0.15) is 21.5 Å². The van der Waals surface area contributed by atoms with Crippen LogP contribution in [0.2, 0.25) is 5.02 Å². The standard InChI is InChI=1S/C16H14ClN3O5S/c17-11-2-3-12(16(18)23)10(7-11)5-9-1-4-13(14(21)6-9)20-8-15(22)19-26(20,24)25/h1-4,6-7,21H,5,8H2,(H2,18,23)(H,19,22). The van der Waals surface area contributed by atoms with Gasteiger partial charge in [0.1, 0.15) is 12.3 Å². The number of anilines is 1. The third-order valence-electron chi connectivity index (χ3n) is 3.86. The molecule has 0 aromatic heterocycles. The second-order valence-electron chi connectivity index (χ2n) is 5.70. The lowest BCUT2D eigenvalue weighted by atomic mass is 9.99. The maximum atomic E-state index is 11.9. The van der Waals surface area contributed by atoms with Gasteiger partial charge in [-0.15, -0.1) is 0 Å². The van der Waals surface area contributed by atoms with Crippen LogP contribution in [0.4, 0.5) is 5.69 Å². The van der Waals surface area contributed by atoms with Crippen molar-refractivity contribution >= 4 is 39.3 Å². The lowest BCUT2D eigenvalue weighted by Gasteiger charge is -2.17. The fraction of sp³-hybridized carbons (Fsp3) is 0.125. The van der Waals surface area contributed by atoms with Crippen molar-refractivity contribution in [1.82, 2.24) is 4.72 Å². The number of phenols is 1. The first-order valence-corrected chi connectivity index (χ1v) is 9.22. The van der Waals surface area contributed by atoms with Gasteiger partial charge in [-0.3, -0.25) is 9.59 Å². The normalized spacial score (nSPS) is 15.7. The molecule has 3 rings (SSSR count). The number of rotatable bonds is 4. The van der Waals surface area contributed by atoms with Crippen molar-refractivity contribution in [2.75, 3.05) is 10.8 Å². The molecule has 0 saturated carbocycles. The molecule has 0 radical (unpaired) electrons. The van der Waals surface area contributed by atoms with Crippen LogP contribution >= 0.6 is 11.6 Å². The summed E-state index contributed by atoms with van der Waals surface area (Å²) in [6.45, 7) is -0.407. The first-order chi connectivity index (χ1) is 12.2. The van der Waals surface area contributed by atoms with E-state index in [1.807, 2.05) is 4.72 Å². The van der Waals surface area contributed by atoms with Crippen LogP contribution in [0.5, 0.6) is 5.75 Å². The first-order valence-electron chi connectivity index (χ1n) is 7.41. The highest BCUT2D eigenvalue weighted by atomic mass is 35.5. The third kappa shape index (κ3) is 3.44. The summed E-state index contributed by atoms with van der Waals surface area (Å²) in [5.41, 5.74) is 6.81. The van der Waals surface area contributed by atoms with Gasteiger partial charge in [0, 0.05) is 10.6 Å². The van der Waals surface area contributed by atoms with E-state index in [4.69, 9.17) is 17.3 Å². The van der Waals surface area contributed by atoms with E-state index < -0.39 is 28.6 Å². The third-order valence-corrected chi connectivity index (χ3v) is 5.48. The maximum absolute atomic E-state index is 11.9. The van der Waals surface area contributed by atoms with Crippen LogP contribution < -0.4 is 14.8 Å². The van der Waals surface area contributed by atoms with Gasteiger partial charge >= 0.3 is 10.2 Å². The lowest BCUT2D eigenvalue weighted by Crippen LogP contribution is -2.29. The Kier molecular flexibility index (Phi) is 4.51. The van der Waals surface area contributed by atoms with Gasteiger partial charge in [0.2, 0.25) is 5.91 Å². The number of amides is 2. The molecule has 0 unspecified atom stereocenters. The van der Waals surface area contributed by atoms with Crippen LogP contribution in [0, 0.1) is 0 Å². The zero-order valence-electron chi connectivity index (χ0n) is 13.3. The van der Waals surface area contributed by atoms with Gasteiger partial charge in [-0.25, -0.2) is 9.03 Å². The molecule has 0 aliphatic carbocycles. The van der Waals surface area contributed by atoms with E-state index >= 15 is 0 Å². The Bertz CT molecular complexity index is 1020. The molecule has 1 fully saturated rings. The van der Waals surface area contributed by atoms with Crippen molar-refractivity contribution in [3.8, 4) is 5.75 Å². The van der Waals surface area contributed by atoms with Crippen LogP contribution in [-0.2, 0) is 21.4 Å². The minimum atomic E-state index is -4.01. The molecule has 4 N–H and O–H groups in total. The topological polar surface area (TPSA) is 130 Å². The van der Waals surface area contributed by atoms with E-state index in [0.29, 0.717) is 21.7 Å². The molecular formula is C16H14ClN3O5S. The van der Waals surface area contributed by atoms with Gasteiger partial charge < -0.3 is 10.8 Å². The largest absolute Gasteiger partial charge is 0.506 e. The number of primary amides is 1. The summed E-state index contributed by atoms with van der Waals surface area (Å²) in [5, 5.41) is 10.6. The molecule has 136 valence electrons. The summed E-state index contributed by atoms with van der Waals surface area (Å²) < 4.78 is 26.4. The SMILES string of the molecule is NC(=O)c1ccc(Cl)cc1Cc1ccc(N2CC(=O)NS2(=O)=O)c(O)c1. The van der Waals surface area contributed by atoms with Crippen molar-refractivity contribution in [3.63, 3.8) is 0 Å². The van der Waals surface area contributed by atoms with Gasteiger partial charge in [0.05, 0.1) is 5.69 Å². The fourth-order valence-electron chi connectivity index (χ4n) is 2.72. The molecule has 0 bridgehead atoms. The predicted octanol–water partition coefficient (Wildman–Crippen LogP) is 0.916. The van der Waals surface area contributed by atoms with Crippen molar-refractivity contribution < 1.29 is 23.1 Å². The quantitative estimate of drug-likeness (QED) is 0.708. The second kappa shape index (κ2) is 6.50. The van der Waals surface area contributed by atoms with E-state index in [2.05, 4.69) is 0 Å². The Morgan fingerprint density at radius 2 is 2.00 bits per heavy atom. The number of nitrogens with one attached hydrogen (secondary N) is 1. The van der Waals surface area contributed by atoms with E-state index in [1.54, 1.807) is 18.2 Å². The predicted molar refractivity (Wildman–Crippen MR) is 95.3 cm³/mol. The van der Waals surface area contributed by atoms with E-state index in [-0.39, 0.29) is 17.9 Å². The van der Waals surface area contributed by atoms with Crippen molar-refractivity contribution in [3.05, 3.63) is 58.1 Å². The van der Waals surface area contributed by atoms with Crippen molar-refractivity contribution in [2.24, 2.45) is 5.73 Å². The minimum Gasteiger partial charge on any atom is -0.506 e. The summed E-state index contributed by atoms with van der Waals surface area (Å²) >= 11 is 5.96. The molecule has 2 amide bonds. The van der Waals surface area contributed by atoms with Gasteiger partial charge in [0.25, 0.3) is 5.91 Å². The average Bonchev–Trinajstić information content (AvgIpc) is 2.79. The molecule has 2 aromatic rings. The smallest absolute Gasteiger partial charge is 0.326 e. The van der Waals surface area contributed by atoms with Crippen LogP contribution in [0.3, 0.4) is 0 Å². The highest BCUT2D eigenvalue weighted by Gasteiger charge is 2.35. The number of hydrogen-bond donors (Lipinski definition) is 3. The summed E-state index contributed by atoms with van der Waals surface area (Å²) in [6, 6.07) is 8.99. The fourth-order valence-corrected chi connectivity index (χ4v) is 4.08. The lowest BCUT2D eigenvalue weighted by molar-refractivity contribution is -0.117. The molecule has 1 saturated heterocycles. The molecule has 10 heteroatoms. The number of nitrogens with zero attached hydrogens (tertiary/aromatic N) is 1. The average molecular weight is 396 g/mol. The van der Waals surface area contributed by atoms with Crippen LogP contribution in [0.15, 0.2) is 36.4 Å². The summed E-state index contributed by atoms with van der Waals surface area (Å²) in [5.74, 6) is -1.60.